The zero-order chi connectivity index (χ0) is 11.4. The fourth-order valence-electron chi connectivity index (χ4n) is 2.18. The standard InChI is InChI=1S/C15H24/c1-11(2)6-8-15-10-14(12(3)4)9-7-13(15)5/h6-7,14-15H,3,8-10H2,1-2,4-5H3/t14-,15?/m1/s1. The Morgan fingerprint density at radius 3 is 2.67 bits per heavy atom. The van der Waals surface area contributed by atoms with E-state index in [9.17, 15) is 0 Å². The van der Waals surface area contributed by atoms with E-state index < -0.39 is 0 Å². The summed E-state index contributed by atoms with van der Waals surface area (Å²) in [4.78, 5) is 0. The lowest BCUT2D eigenvalue weighted by atomic mass is 9.77. The molecule has 0 aromatic heterocycles. The summed E-state index contributed by atoms with van der Waals surface area (Å²) in [6.07, 6.45) is 8.47. The van der Waals surface area contributed by atoms with Gasteiger partial charge in [-0.05, 0) is 58.8 Å². The summed E-state index contributed by atoms with van der Waals surface area (Å²) in [6.45, 7) is 12.9. The second-order valence-electron chi connectivity index (χ2n) is 5.18. The molecule has 15 heavy (non-hydrogen) atoms. The van der Waals surface area contributed by atoms with Crippen molar-refractivity contribution in [3.63, 3.8) is 0 Å². The molecule has 0 bridgehead atoms. The molecular weight excluding hydrogens is 180 g/mol. The van der Waals surface area contributed by atoms with Gasteiger partial charge in [-0.25, -0.2) is 0 Å². The minimum atomic E-state index is 0.712. The van der Waals surface area contributed by atoms with Crippen molar-refractivity contribution in [2.45, 2.75) is 47.0 Å². The molecule has 1 rings (SSSR count). The van der Waals surface area contributed by atoms with Gasteiger partial charge in [0.1, 0.15) is 0 Å². The zero-order valence-corrected chi connectivity index (χ0v) is 10.6. The number of hydrogen-bond acceptors (Lipinski definition) is 0. The molecule has 1 aliphatic carbocycles. The Labute approximate surface area is 94.8 Å². The van der Waals surface area contributed by atoms with Crippen LogP contribution in [0.25, 0.3) is 0 Å². The van der Waals surface area contributed by atoms with E-state index in [2.05, 4.69) is 46.4 Å². The topological polar surface area (TPSA) is 0 Å². The molecule has 0 radical (unpaired) electrons. The molecule has 0 N–H and O–H groups in total. The molecular formula is C15H24. The molecule has 0 heteroatoms. The molecule has 1 aliphatic rings. The van der Waals surface area contributed by atoms with Crippen LogP contribution in [0.15, 0.2) is 35.5 Å². The van der Waals surface area contributed by atoms with E-state index in [0.29, 0.717) is 5.92 Å². The van der Waals surface area contributed by atoms with Crippen LogP contribution in [0.3, 0.4) is 0 Å². The van der Waals surface area contributed by atoms with Crippen molar-refractivity contribution in [1.29, 1.82) is 0 Å². The summed E-state index contributed by atoms with van der Waals surface area (Å²) in [5, 5.41) is 0. The Hall–Kier alpha value is -0.780. The molecule has 0 amide bonds. The van der Waals surface area contributed by atoms with Crippen molar-refractivity contribution in [3.05, 3.63) is 35.5 Å². The van der Waals surface area contributed by atoms with Gasteiger partial charge < -0.3 is 0 Å². The Kier molecular flexibility index (Phi) is 4.38. The van der Waals surface area contributed by atoms with Crippen molar-refractivity contribution in [2.24, 2.45) is 11.8 Å². The minimum Gasteiger partial charge on any atom is -0.0998 e. The van der Waals surface area contributed by atoms with Crippen molar-refractivity contribution in [3.8, 4) is 0 Å². The highest BCUT2D eigenvalue weighted by Gasteiger charge is 2.21. The normalized spacial score (nSPS) is 25.7. The van der Waals surface area contributed by atoms with Gasteiger partial charge in [0.15, 0.2) is 0 Å². The van der Waals surface area contributed by atoms with Crippen LogP contribution in [0, 0.1) is 11.8 Å². The van der Waals surface area contributed by atoms with Crippen LogP contribution < -0.4 is 0 Å². The molecule has 0 fully saturated rings. The molecule has 0 aromatic carbocycles. The van der Waals surface area contributed by atoms with Crippen LogP contribution in [0.1, 0.15) is 47.0 Å². The van der Waals surface area contributed by atoms with E-state index in [1.807, 2.05) is 0 Å². The third kappa shape index (κ3) is 3.70. The lowest BCUT2D eigenvalue weighted by Crippen LogP contribution is -2.15. The van der Waals surface area contributed by atoms with Crippen LogP contribution in [-0.4, -0.2) is 0 Å². The first-order valence-corrected chi connectivity index (χ1v) is 5.96. The van der Waals surface area contributed by atoms with E-state index >= 15 is 0 Å². The fraction of sp³-hybridized carbons (Fsp3) is 0.600. The van der Waals surface area contributed by atoms with E-state index in [-0.39, 0.29) is 0 Å². The predicted molar refractivity (Wildman–Crippen MR) is 68.8 cm³/mol. The van der Waals surface area contributed by atoms with Crippen LogP contribution in [0.5, 0.6) is 0 Å². The lowest BCUT2D eigenvalue weighted by Gasteiger charge is -2.28. The van der Waals surface area contributed by atoms with Gasteiger partial charge in [-0.15, -0.1) is 0 Å². The SMILES string of the molecule is C=C(C)[C@@H]1CC=C(C)C(CC=C(C)C)C1. The summed E-state index contributed by atoms with van der Waals surface area (Å²) in [7, 11) is 0. The van der Waals surface area contributed by atoms with Crippen LogP contribution in [0.4, 0.5) is 0 Å². The molecule has 0 aromatic rings. The van der Waals surface area contributed by atoms with Gasteiger partial charge in [0.25, 0.3) is 0 Å². The van der Waals surface area contributed by atoms with E-state index in [1.165, 1.54) is 30.4 Å². The van der Waals surface area contributed by atoms with E-state index in [1.54, 1.807) is 5.57 Å². The van der Waals surface area contributed by atoms with E-state index in [4.69, 9.17) is 0 Å². The number of rotatable bonds is 3. The Morgan fingerprint density at radius 2 is 2.13 bits per heavy atom. The minimum absolute atomic E-state index is 0.712. The van der Waals surface area contributed by atoms with E-state index in [0.717, 1.165) is 5.92 Å². The Morgan fingerprint density at radius 1 is 1.47 bits per heavy atom. The van der Waals surface area contributed by atoms with Crippen LogP contribution in [-0.2, 0) is 0 Å². The second-order valence-corrected chi connectivity index (χ2v) is 5.18. The molecule has 0 saturated heterocycles. The van der Waals surface area contributed by atoms with Gasteiger partial charge in [0.05, 0.1) is 0 Å². The third-order valence-electron chi connectivity index (χ3n) is 3.44. The van der Waals surface area contributed by atoms with Crippen LogP contribution in [0.2, 0.25) is 0 Å². The summed E-state index contributed by atoms with van der Waals surface area (Å²) in [5.41, 5.74) is 4.35. The third-order valence-corrected chi connectivity index (χ3v) is 3.44. The maximum Gasteiger partial charge on any atom is -0.0166 e. The molecule has 84 valence electrons. The maximum atomic E-state index is 4.09. The average molecular weight is 204 g/mol. The molecule has 0 aliphatic heterocycles. The Balaban J connectivity index is 2.64. The van der Waals surface area contributed by atoms with Gasteiger partial charge in [0.2, 0.25) is 0 Å². The molecule has 2 atom stereocenters. The number of hydrogen-bond donors (Lipinski definition) is 0. The van der Waals surface area contributed by atoms with Gasteiger partial charge >= 0.3 is 0 Å². The maximum absolute atomic E-state index is 4.09. The molecule has 1 unspecified atom stereocenters. The van der Waals surface area contributed by atoms with Gasteiger partial charge in [-0.3, -0.25) is 0 Å². The first-order valence-electron chi connectivity index (χ1n) is 5.96. The number of allylic oxidation sites excluding steroid dienone is 5. The lowest BCUT2D eigenvalue weighted by molar-refractivity contribution is 0.427. The van der Waals surface area contributed by atoms with Gasteiger partial charge in [-0.2, -0.15) is 0 Å². The zero-order valence-electron chi connectivity index (χ0n) is 10.6. The van der Waals surface area contributed by atoms with Crippen molar-refractivity contribution < 1.29 is 0 Å². The first kappa shape index (κ1) is 12.3. The van der Waals surface area contributed by atoms with Crippen molar-refractivity contribution >= 4 is 0 Å². The largest absolute Gasteiger partial charge is 0.0998 e. The fourth-order valence-corrected chi connectivity index (χ4v) is 2.18. The molecule has 0 nitrogen and oxygen atoms in total. The van der Waals surface area contributed by atoms with Crippen molar-refractivity contribution in [1.82, 2.24) is 0 Å². The Bertz CT molecular complexity index is 287. The van der Waals surface area contributed by atoms with Gasteiger partial charge in [0, 0.05) is 0 Å². The molecule has 0 spiro atoms. The second kappa shape index (κ2) is 5.34. The highest BCUT2D eigenvalue weighted by atomic mass is 14.3. The monoisotopic (exact) mass is 204 g/mol. The summed E-state index contributed by atoms with van der Waals surface area (Å²) >= 11 is 0. The highest BCUT2D eigenvalue weighted by Crippen LogP contribution is 2.34. The quantitative estimate of drug-likeness (QED) is 0.574. The van der Waals surface area contributed by atoms with Crippen LogP contribution >= 0.6 is 0 Å². The van der Waals surface area contributed by atoms with Gasteiger partial charge in [-0.1, -0.05) is 35.5 Å². The highest BCUT2D eigenvalue weighted by molar-refractivity contribution is 5.15. The predicted octanol–water partition coefficient (Wildman–Crippen LogP) is 4.89. The molecule has 0 saturated carbocycles. The first-order chi connectivity index (χ1) is 7.00. The van der Waals surface area contributed by atoms with Crippen molar-refractivity contribution in [2.75, 3.05) is 0 Å². The summed E-state index contributed by atoms with van der Waals surface area (Å²) < 4.78 is 0. The molecule has 0 heterocycles. The summed E-state index contributed by atoms with van der Waals surface area (Å²) in [5.74, 6) is 1.46. The smallest absolute Gasteiger partial charge is 0.0166 e. The summed E-state index contributed by atoms with van der Waals surface area (Å²) in [6, 6.07) is 0. The average Bonchev–Trinajstić information content (AvgIpc) is 2.16.